The zero-order valence-electron chi connectivity index (χ0n) is 10.6. The molecule has 0 amide bonds. The Morgan fingerprint density at radius 1 is 1.19 bits per heavy atom. The Balaban J connectivity index is 2.26. The van der Waals surface area contributed by atoms with Crippen LogP contribution < -0.4 is 0 Å². The van der Waals surface area contributed by atoms with Crippen LogP contribution in [0.4, 0.5) is 13.2 Å². The molecule has 0 saturated carbocycles. The lowest BCUT2D eigenvalue weighted by atomic mass is 10.1. The largest absolute Gasteiger partial charge is 0.416 e. The van der Waals surface area contributed by atoms with E-state index in [9.17, 15) is 21.6 Å². The molecule has 21 heavy (non-hydrogen) atoms. The van der Waals surface area contributed by atoms with Crippen LogP contribution in [-0.4, -0.2) is 23.2 Å². The zero-order valence-corrected chi connectivity index (χ0v) is 12.2. The van der Waals surface area contributed by atoms with Crippen LogP contribution in [0.2, 0.25) is 0 Å². The van der Waals surface area contributed by atoms with Crippen molar-refractivity contribution in [3.63, 3.8) is 0 Å². The number of benzene rings is 1. The van der Waals surface area contributed by atoms with Crippen molar-refractivity contribution in [1.29, 1.82) is 0 Å². The molecule has 5 nitrogen and oxygen atoms in total. The minimum Gasteiger partial charge on any atom is -0.304 e. The van der Waals surface area contributed by atoms with Crippen molar-refractivity contribution in [3.05, 3.63) is 41.2 Å². The highest BCUT2D eigenvalue weighted by molar-refractivity contribution is 8.13. The van der Waals surface area contributed by atoms with E-state index in [1.165, 1.54) is 23.7 Å². The van der Waals surface area contributed by atoms with Gasteiger partial charge in [-0.1, -0.05) is 12.1 Å². The third-order valence-corrected chi connectivity index (χ3v) is 3.99. The molecule has 114 valence electrons. The number of hydrogen-bond acceptors (Lipinski definition) is 4. The van der Waals surface area contributed by atoms with E-state index in [4.69, 9.17) is 10.7 Å². The third-order valence-electron chi connectivity index (χ3n) is 2.79. The molecular formula is C11H9ClF3N3O2S. The highest BCUT2D eigenvalue weighted by Crippen LogP contribution is 2.29. The fourth-order valence-corrected chi connectivity index (χ4v) is 2.68. The highest BCUT2D eigenvalue weighted by Gasteiger charge is 2.30. The lowest BCUT2D eigenvalue weighted by Crippen LogP contribution is -2.06. The normalized spacial score (nSPS) is 12.6. The standard InChI is InChI=1S/C11H9ClF3N3O2S/c1-18-9(16-17-10(18)21(12,19)20)6-7-2-4-8(5-3-7)11(13,14)15/h2-5H,6H2,1H3. The number of halogens is 4. The molecule has 1 aromatic carbocycles. The fraction of sp³-hybridized carbons (Fsp3) is 0.273. The molecule has 0 spiro atoms. The molecule has 0 aliphatic rings. The van der Waals surface area contributed by atoms with Gasteiger partial charge in [0, 0.05) is 24.2 Å². The predicted molar refractivity (Wildman–Crippen MR) is 68.3 cm³/mol. The second-order valence-electron chi connectivity index (χ2n) is 4.27. The summed E-state index contributed by atoms with van der Waals surface area (Å²) in [4.78, 5) is 0. The summed E-state index contributed by atoms with van der Waals surface area (Å²) in [5.41, 5.74) is -0.217. The first kappa shape index (κ1) is 15.8. The second kappa shape index (κ2) is 5.30. The molecule has 0 aliphatic carbocycles. The van der Waals surface area contributed by atoms with Crippen molar-refractivity contribution in [2.24, 2.45) is 7.05 Å². The van der Waals surface area contributed by atoms with Crippen LogP contribution in [0, 0.1) is 0 Å². The van der Waals surface area contributed by atoms with E-state index in [1.807, 2.05) is 0 Å². The Bertz CT molecular complexity index is 754. The van der Waals surface area contributed by atoms with E-state index in [1.54, 1.807) is 0 Å². The minimum atomic E-state index is -4.40. The summed E-state index contributed by atoms with van der Waals surface area (Å²) >= 11 is 0. The van der Waals surface area contributed by atoms with Gasteiger partial charge in [0.05, 0.1) is 5.56 Å². The van der Waals surface area contributed by atoms with Crippen LogP contribution in [0.15, 0.2) is 29.4 Å². The second-order valence-corrected chi connectivity index (χ2v) is 6.73. The van der Waals surface area contributed by atoms with Gasteiger partial charge in [0.25, 0.3) is 14.2 Å². The van der Waals surface area contributed by atoms with Crippen molar-refractivity contribution in [2.75, 3.05) is 0 Å². The summed E-state index contributed by atoms with van der Waals surface area (Å²) in [5, 5.41) is 6.72. The van der Waals surface area contributed by atoms with Gasteiger partial charge in [-0.3, -0.25) is 0 Å². The van der Waals surface area contributed by atoms with Crippen LogP contribution in [0.1, 0.15) is 17.0 Å². The number of alkyl halides is 3. The highest BCUT2D eigenvalue weighted by atomic mass is 35.7. The average Bonchev–Trinajstić information content (AvgIpc) is 2.70. The maximum absolute atomic E-state index is 12.4. The van der Waals surface area contributed by atoms with Crippen LogP contribution in [0.5, 0.6) is 0 Å². The maximum atomic E-state index is 12.4. The summed E-state index contributed by atoms with van der Waals surface area (Å²) in [6.07, 6.45) is -4.27. The molecule has 1 heterocycles. The first-order chi connectivity index (χ1) is 9.59. The first-order valence-electron chi connectivity index (χ1n) is 5.58. The van der Waals surface area contributed by atoms with Crippen LogP contribution in [0.25, 0.3) is 0 Å². The summed E-state index contributed by atoms with van der Waals surface area (Å²) < 4.78 is 60.9. The molecular weight excluding hydrogens is 331 g/mol. The van der Waals surface area contributed by atoms with Gasteiger partial charge in [-0.2, -0.15) is 13.2 Å². The molecule has 0 fully saturated rings. The van der Waals surface area contributed by atoms with Crippen molar-refractivity contribution in [3.8, 4) is 0 Å². The van der Waals surface area contributed by atoms with Crippen LogP contribution in [-0.2, 0) is 28.7 Å². The molecule has 0 saturated heterocycles. The average molecular weight is 340 g/mol. The van der Waals surface area contributed by atoms with Gasteiger partial charge in [-0.05, 0) is 17.7 Å². The summed E-state index contributed by atoms with van der Waals surface area (Å²) in [6.45, 7) is 0. The van der Waals surface area contributed by atoms with E-state index in [2.05, 4.69) is 10.2 Å². The van der Waals surface area contributed by atoms with E-state index in [0.29, 0.717) is 5.56 Å². The van der Waals surface area contributed by atoms with Gasteiger partial charge in [0.1, 0.15) is 5.82 Å². The SMILES string of the molecule is Cn1c(Cc2ccc(C(F)(F)F)cc2)nnc1S(=O)(=O)Cl. The molecule has 0 atom stereocenters. The quantitative estimate of drug-likeness (QED) is 0.805. The molecule has 0 N–H and O–H groups in total. The first-order valence-corrected chi connectivity index (χ1v) is 7.89. The van der Waals surface area contributed by atoms with Gasteiger partial charge in [-0.15, -0.1) is 10.2 Å². The van der Waals surface area contributed by atoms with Gasteiger partial charge in [0.2, 0.25) is 0 Å². The van der Waals surface area contributed by atoms with Crippen LogP contribution in [0.3, 0.4) is 0 Å². The molecule has 10 heteroatoms. The van der Waals surface area contributed by atoms with Crippen molar-refractivity contribution >= 4 is 19.7 Å². The van der Waals surface area contributed by atoms with Crippen LogP contribution >= 0.6 is 10.7 Å². The van der Waals surface area contributed by atoms with E-state index in [-0.39, 0.29) is 12.2 Å². The minimum absolute atomic E-state index is 0.133. The number of rotatable bonds is 3. The van der Waals surface area contributed by atoms with Gasteiger partial charge < -0.3 is 4.57 Å². The summed E-state index contributed by atoms with van der Waals surface area (Å²) in [6, 6.07) is 4.49. The predicted octanol–water partition coefficient (Wildman–Crippen LogP) is 2.35. The Kier molecular flexibility index (Phi) is 3.98. The summed E-state index contributed by atoms with van der Waals surface area (Å²) in [7, 11) is 2.57. The molecule has 0 aliphatic heterocycles. The monoisotopic (exact) mass is 339 g/mol. The van der Waals surface area contributed by atoms with Gasteiger partial charge in [-0.25, -0.2) is 8.42 Å². The van der Waals surface area contributed by atoms with Gasteiger partial charge in [0.15, 0.2) is 0 Å². The molecule has 0 bridgehead atoms. The van der Waals surface area contributed by atoms with Gasteiger partial charge >= 0.3 is 6.18 Å². The molecule has 0 radical (unpaired) electrons. The lowest BCUT2D eigenvalue weighted by Gasteiger charge is -2.07. The molecule has 2 rings (SSSR count). The Morgan fingerprint density at radius 2 is 1.76 bits per heavy atom. The molecule has 2 aromatic rings. The summed E-state index contributed by atoms with van der Waals surface area (Å²) in [5.74, 6) is 0.272. The number of hydrogen-bond donors (Lipinski definition) is 0. The third kappa shape index (κ3) is 3.53. The van der Waals surface area contributed by atoms with E-state index in [0.717, 1.165) is 12.1 Å². The molecule has 0 unspecified atom stereocenters. The van der Waals surface area contributed by atoms with E-state index >= 15 is 0 Å². The van der Waals surface area contributed by atoms with Crippen molar-refractivity contribution in [1.82, 2.24) is 14.8 Å². The number of aromatic nitrogens is 3. The van der Waals surface area contributed by atoms with E-state index < -0.39 is 25.9 Å². The zero-order chi connectivity index (χ0) is 15.8. The lowest BCUT2D eigenvalue weighted by molar-refractivity contribution is -0.137. The Labute approximate surface area is 122 Å². The van der Waals surface area contributed by atoms with Crippen molar-refractivity contribution < 1.29 is 21.6 Å². The maximum Gasteiger partial charge on any atom is 0.416 e. The van der Waals surface area contributed by atoms with Crippen molar-refractivity contribution in [2.45, 2.75) is 17.8 Å². The Morgan fingerprint density at radius 3 is 2.19 bits per heavy atom. The molecule has 1 aromatic heterocycles. The fourth-order valence-electron chi connectivity index (χ4n) is 1.71. The smallest absolute Gasteiger partial charge is 0.304 e. The Hall–Kier alpha value is -1.61. The topological polar surface area (TPSA) is 64.8 Å². The number of nitrogens with zero attached hydrogens (tertiary/aromatic N) is 3.